The minimum Gasteiger partial charge on any atom is -0.394 e. The molecule has 0 radical (unpaired) electrons. The van der Waals surface area contributed by atoms with Crippen LogP contribution in [0.3, 0.4) is 0 Å². The van der Waals surface area contributed by atoms with E-state index < -0.39 is 26.0 Å². The number of aliphatic hydroxyl groups excluding tert-OH is 1. The van der Waals surface area contributed by atoms with Crippen LogP contribution in [0.25, 0.3) is 0 Å². The van der Waals surface area contributed by atoms with Gasteiger partial charge in [-0.05, 0) is 67.6 Å². The fraction of sp³-hybridized carbons (Fsp3) is 0.269. The molecule has 1 amide bonds. The Labute approximate surface area is 222 Å². The second-order valence-electron chi connectivity index (χ2n) is 8.66. The lowest BCUT2D eigenvalue weighted by molar-refractivity contribution is 0.0730. The number of rotatable bonds is 9. The summed E-state index contributed by atoms with van der Waals surface area (Å²) in [7, 11) is -7.63. The Hall–Kier alpha value is -3.29. The minimum absolute atomic E-state index is 0.00203. The molecule has 0 unspecified atom stereocenters. The zero-order valence-corrected chi connectivity index (χ0v) is 22.4. The van der Waals surface area contributed by atoms with E-state index in [2.05, 4.69) is 5.32 Å². The third kappa shape index (κ3) is 6.05. The summed E-state index contributed by atoms with van der Waals surface area (Å²) >= 11 is 0. The van der Waals surface area contributed by atoms with Crippen LogP contribution < -0.4 is 9.62 Å². The highest BCUT2D eigenvalue weighted by atomic mass is 32.2. The van der Waals surface area contributed by atoms with Gasteiger partial charge < -0.3 is 15.2 Å². The molecule has 0 bridgehead atoms. The van der Waals surface area contributed by atoms with Crippen LogP contribution in [0.5, 0.6) is 0 Å². The highest BCUT2D eigenvalue weighted by Crippen LogP contribution is 2.25. The fourth-order valence-electron chi connectivity index (χ4n) is 3.94. The van der Waals surface area contributed by atoms with Crippen molar-refractivity contribution in [2.75, 3.05) is 49.1 Å². The second kappa shape index (κ2) is 11.6. The molecule has 3 aromatic rings. The number of amides is 1. The van der Waals surface area contributed by atoms with Crippen molar-refractivity contribution in [3.8, 4) is 0 Å². The average molecular weight is 560 g/mol. The fourth-order valence-corrected chi connectivity index (χ4v) is 6.81. The lowest BCUT2D eigenvalue weighted by Crippen LogP contribution is -2.40. The van der Waals surface area contributed by atoms with Crippen molar-refractivity contribution in [3.63, 3.8) is 0 Å². The maximum Gasteiger partial charge on any atom is 0.264 e. The Morgan fingerprint density at radius 1 is 0.895 bits per heavy atom. The molecule has 1 aliphatic rings. The number of hydrogen-bond acceptors (Lipinski definition) is 7. The zero-order valence-electron chi connectivity index (χ0n) is 20.8. The van der Waals surface area contributed by atoms with Crippen molar-refractivity contribution in [1.82, 2.24) is 4.31 Å². The molecule has 12 heteroatoms. The number of aliphatic hydroxyl groups is 1. The predicted molar refractivity (Wildman–Crippen MR) is 143 cm³/mol. The van der Waals surface area contributed by atoms with E-state index in [-0.39, 0.29) is 41.6 Å². The van der Waals surface area contributed by atoms with Gasteiger partial charge in [-0.3, -0.25) is 9.10 Å². The smallest absolute Gasteiger partial charge is 0.264 e. The Bertz CT molecular complexity index is 1470. The molecule has 0 aromatic heterocycles. The molecule has 0 atom stereocenters. The molecule has 1 aliphatic heterocycles. The van der Waals surface area contributed by atoms with Crippen molar-refractivity contribution in [1.29, 1.82) is 0 Å². The lowest BCUT2D eigenvalue weighted by atomic mass is 10.2. The van der Waals surface area contributed by atoms with Crippen LogP contribution in [0.15, 0.2) is 82.6 Å². The van der Waals surface area contributed by atoms with Crippen molar-refractivity contribution >= 4 is 37.3 Å². The second-order valence-corrected chi connectivity index (χ2v) is 12.5. The first-order chi connectivity index (χ1) is 18.1. The molecular formula is C26H29N3O7S2. The summed E-state index contributed by atoms with van der Waals surface area (Å²) in [6.45, 7) is 2.66. The van der Waals surface area contributed by atoms with E-state index in [1.165, 1.54) is 52.8 Å². The van der Waals surface area contributed by atoms with Gasteiger partial charge >= 0.3 is 0 Å². The first-order valence-corrected chi connectivity index (χ1v) is 14.8. The SMILES string of the molecule is Cc1ccc(N(CCO)S(=O)(=O)c2ccc(NC(=O)c3ccc(S(=O)(=O)N4CCOCC4)cc3)cc2)cc1. The first-order valence-electron chi connectivity index (χ1n) is 11.9. The number of benzene rings is 3. The Balaban J connectivity index is 1.46. The molecule has 0 saturated carbocycles. The summed E-state index contributed by atoms with van der Waals surface area (Å²) < 4.78 is 59.7. The summed E-state index contributed by atoms with van der Waals surface area (Å²) in [5, 5.41) is 12.1. The number of anilines is 2. The Morgan fingerprint density at radius 3 is 2.05 bits per heavy atom. The van der Waals surface area contributed by atoms with Crippen LogP contribution in [-0.4, -0.2) is 71.6 Å². The van der Waals surface area contributed by atoms with E-state index >= 15 is 0 Å². The molecule has 2 N–H and O–H groups in total. The van der Waals surface area contributed by atoms with Gasteiger partial charge in [-0.2, -0.15) is 4.31 Å². The first kappa shape index (κ1) is 27.7. The molecule has 1 fully saturated rings. The van der Waals surface area contributed by atoms with E-state index in [0.717, 1.165) is 9.87 Å². The molecular weight excluding hydrogens is 530 g/mol. The molecule has 10 nitrogen and oxygen atoms in total. The highest BCUT2D eigenvalue weighted by Gasteiger charge is 2.27. The number of ether oxygens (including phenoxy) is 1. The van der Waals surface area contributed by atoms with Crippen LogP contribution in [0.1, 0.15) is 15.9 Å². The van der Waals surface area contributed by atoms with Crippen LogP contribution in [0, 0.1) is 6.92 Å². The summed E-state index contributed by atoms with van der Waals surface area (Å²) in [5.41, 5.74) is 2.02. The number of hydrogen-bond donors (Lipinski definition) is 2. The molecule has 3 aromatic carbocycles. The van der Waals surface area contributed by atoms with Gasteiger partial charge in [-0.15, -0.1) is 0 Å². The van der Waals surface area contributed by atoms with E-state index in [1.807, 2.05) is 6.92 Å². The Kier molecular flexibility index (Phi) is 8.48. The van der Waals surface area contributed by atoms with Crippen LogP contribution in [0.2, 0.25) is 0 Å². The lowest BCUT2D eigenvalue weighted by Gasteiger charge is -2.26. The normalized spacial score (nSPS) is 14.7. The minimum atomic E-state index is -3.96. The van der Waals surface area contributed by atoms with E-state index in [1.54, 1.807) is 24.3 Å². The number of nitrogens with zero attached hydrogens (tertiary/aromatic N) is 2. The third-order valence-electron chi connectivity index (χ3n) is 6.05. The van der Waals surface area contributed by atoms with Gasteiger partial charge in [0.1, 0.15) is 0 Å². The summed E-state index contributed by atoms with van der Waals surface area (Å²) in [5.74, 6) is -0.475. The van der Waals surface area contributed by atoms with Gasteiger partial charge in [0, 0.05) is 24.3 Å². The number of carbonyl (C=O) groups is 1. The summed E-state index contributed by atoms with van der Waals surface area (Å²) in [6.07, 6.45) is 0. The molecule has 0 aliphatic carbocycles. The van der Waals surface area contributed by atoms with Crippen LogP contribution in [-0.2, 0) is 24.8 Å². The van der Waals surface area contributed by atoms with Gasteiger partial charge in [0.05, 0.1) is 41.8 Å². The van der Waals surface area contributed by atoms with Gasteiger partial charge in [-0.1, -0.05) is 17.7 Å². The number of sulfonamides is 2. The van der Waals surface area contributed by atoms with E-state index in [9.17, 15) is 26.7 Å². The predicted octanol–water partition coefficient (Wildman–Crippen LogP) is 2.46. The Morgan fingerprint density at radius 2 is 1.47 bits per heavy atom. The van der Waals surface area contributed by atoms with E-state index in [0.29, 0.717) is 24.6 Å². The van der Waals surface area contributed by atoms with Gasteiger partial charge in [0.15, 0.2) is 0 Å². The molecule has 0 spiro atoms. The topological polar surface area (TPSA) is 133 Å². The van der Waals surface area contributed by atoms with Gasteiger partial charge in [0.25, 0.3) is 15.9 Å². The number of aryl methyl sites for hydroxylation is 1. The van der Waals surface area contributed by atoms with Crippen molar-refractivity contribution in [2.45, 2.75) is 16.7 Å². The highest BCUT2D eigenvalue weighted by molar-refractivity contribution is 7.92. The number of morpholine rings is 1. The molecule has 202 valence electrons. The van der Waals surface area contributed by atoms with Gasteiger partial charge in [-0.25, -0.2) is 16.8 Å². The van der Waals surface area contributed by atoms with E-state index in [4.69, 9.17) is 4.74 Å². The standard InChI is InChI=1S/C26H29N3O7S2/c1-20-2-8-23(9-3-20)29(14-17-30)38(34,35)25-12-6-22(7-13-25)27-26(31)21-4-10-24(11-5-21)37(32,33)28-15-18-36-19-16-28/h2-13,30H,14-19H2,1H3,(H,27,31). The van der Waals surface area contributed by atoms with Crippen molar-refractivity contribution in [2.24, 2.45) is 0 Å². The molecule has 1 saturated heterocycles. The maximum atomic E-state index is 13.3. The molecule has 4 rings (SSSR count). The third-order valence-corrected chi connectivity index (χ3v) is 9.80. The number of nitrogens with one attached hydrogen (secondary N) is 1. The van der Waals surface area contributed by atoms with Gasteiger partial charge in [0.2, 0.25) is 10.0 Å². The largest absolute Gasteiger partial charge is 0.394 e. The molecule has 38 heavy (non-hydrogen) atoms. The monoisotopic (exact) mass is 559 g/mol. The average Bonchev–Trinajstić information content (AvgIpc) is 2.93. The van der Waals surface area contributed by atoms with Crippen molar-refractivity contribution in [3.05, 3.63) is 83.9 Å². The van der Waals surface area contributed by atoms with Crippen LogP contribution >= 0.6 is 0 Å². The maximum absolute atomic E-state index is 13.3. The van der Waals surface area contributed by atoms with Crippen molar-refractivity contribution < 1.29 is 31.5 Å². The summed E-state index contributed by atoms with van der Waals surface area (Å²) in [4.78, 5) is 12.8. The van der Waals surface area contributed by atoms with Crippen LogP contribution in [0.4, 0.5) is 11.4 Å². The quantitative estimate of drug-likeness (QED) is 0.411. The summed E-state index contributed by atoms with van der Waals surface area (Å²) in [6, 6.07) is 18.2. The molecule has 1 heterocycles. The zero-order chi connectivity index (χ0) is 27.3. The number of carbonyl (C=O) groups excluding carboxylic acids is 1.